The summed E-state index contributed by atoms with van der Waals surface area (Å²) < 4.78 is 17.9. The molecule has 3 heterocycles. The summed E-state index contributed by atoms with van der Waals surface area (Å²) >= 11 is 1.47. The van der Waals surface area contributed by atoms with Crippen LogP contribution in [0, 0.1) is 0 Å². The molecule has 0 unspecified atom stereocenters. The Labute approximate surface area is 181 Å². The van der Waals surface area contributed by atoms with Gasteiger partial charge < -0.3 is 13.7 Å². The van der Waals surface area contributed by atoms with Crippen molar-refractivity contribution in [1.82, 2.24) is 24.9 Å². The predicted octanol–water partition coefficient (Wildman–Crippen LogP) is 4.88. The van der Waals surface area contributed by atoms with Gasteiger partial charge in [-0.05, 0) is 48.5 Å². The average Bonchev–Trinajstić information content (AvgIpc) is 3.59. The highest BCUT2D eigenvalue weighted by Gasteiger charge is 2.18. The first kappa shape index (κ1) is 19.1. The Kier molecular flexibility index (Phi) is 5.24. The normalized spacial score (nSPS) is 11.0. The van der Waals surface area contributed by atoms with Crippen molar-refractivity contribution in [3.05, 3.63) is 78.9 Å². The number of methoxy groups -OCH3 is 1. The fourth-order valence-electron chi connectivity index (χ4n) is 3.05. The summed E-state index contributed by atoms with van der Waals surface area (Å²) in [5.41, 5.74) is 1.89. The molecule has 0 N–H and O–H groups in total. The number of aromatic nitrogens is 5. The Morgan fingerprint density at radius 1 is 0.968 bits per heavy atom. The molecule has 0 aliphatic heterocycles. The average molecular weight is 431 g/mol. The SMILES string of the molecule is COc1ccc(-c2nnc(SCc3nc(-c4ccco4)no3)n2-c2ccccc2)cc1. The summed E-state index contributed by atoms with van der Waals surface area (Å²) in [5.74, 6) is 3.43. The second-order valence-corrected chi connectivity index (χ2v) is 7.43. The number of furan rings is 1. The molecule has 0 spiro atoms. The van der Waals surface area contributed by atoms with Gasteiger partial charge in [-0.15, -0.1) is 10.2 Å². The Bertz CT molecular complexity index is 1260. The molecule has 154 valence electrons. The maximum absolute atomic E-state index is 5.36. The van der Waals surface area contributed by atoms with E-state index in [9.17, 15) is 0 Å². The van der Waals surface area contributed by atoms with Gasteiger partial charge in [-0.1, -0.05) is 35.1 Å². The monoisotopic (exact) mass is 431 g/mol. The summed E-state index contributed by atoms with van der Waals surface area (Å²) in [7, 11) is 1.64. The first-order valence-corrected chi connectivity index (χ1v) is 10.4. The minimum Gasteiger partial charge on any atom is -0.497 e. The van der Waals surface area contributed by atoms with Gasteiger partial charge in [0.15, 0.2) is 16.7 Å². The van der Waals surface area contributed by atoms with Crippen LogP contribution in [0.25, 0.3) is 28.7 Å². The summed E-state index contributed by atoms with van der Waals surface area (Å²) in [5, 5.41) is 13.6. The number of ether oxygens (including phenoxy) is 1. The molecule has 0 fully saturated rings. The van der Waals surface area contributed by atoms with Crippen LogP contribution in [0.1, 0.15) is 5.89 Å². The molecule has 0 aliphatic rings. The number of para-hydroxylation sites is 1. The lowest BCUT2D eigenvalue weighted by Gasteiger charge is -2.10. The van der Waals surface area contributed by atoms with E-state index in [0.717, 1.165) is 28.0 Å². The van der Waals surface area contributed by atoms with Crippen molar-refractivity contribution in [3.63, 3.8) is 0 Å². The fraction of sp³-hybridized carbons (Fsp3) is 0.0909. The zero-order chi connectivity index (χ0) is 21.0. The van der Waals surface area contributed by atoms with E-state index >= 15 is 0 Å². The Morgan fingerprint density at radius 2 is 1.81 bits per heavy atom. The van der Waals surface area contributed by atoms with E-state index in [2.05, 4.69) is 20.3 Å². The van der Waals surface area contributed by atoms with Crippen molar-refractivity contribution in [2.24, 2.45) is 0 Å². The molecule has 0 saturated heterocycles. The van der Waals surface area contributed by atoms with Crippen LogP contribution in [0.5, 0.6) is 5.75 Å². The van der Waals surface area contributed by atoms with Gasteiger partial charge in [0.05, 0.1) is 19.1 Å². The topological polar surface area (TPSA) is 92.0 Å². The number of benzene rings is 2. The van der Waals surface area contributed by atoms with Gasteiger partial charge >= 0.3 is 0 Å². The third kappa shape index (κ3) is 3.95. The highest BCUT2D eigenvalue weighted by Crippen LogP contribution is 2.30. The maximum Gasteiger partial charge on any atom is 0.238 e. The summed E-state index contributed by atoms with van der Waals surface area (Å²) in [6.07, 6.45) is 1.57. The number of nitrogens with zero attached hydrogens (tertiary/aromatic N) is 5. The highest BCUT2D eigenvalue weighted by atomic mass is 32.2. The van der Waals surface area contributed by atoms with Gasteiger partial charge in [0.2, 0.25) is 11.7 Å². The molecule has 0 bridgehead atoms. The lowest BCUT2D eigenvalue weighted by atomic mass is 10.2. The summed E-state index contributed by atoms with van der Waals surface area (Å²) in [6, 6.07) is 21.3. The summed E-state index contributed by atoms with van der Waals surface area (Å²) in [6.45, 7) is 0. The second kappa shape index (κ2) is 8.49. The van der Waals surface area contributed by atoms with Crippen molar-refractivity contribution < 1.29 is 13.7 Å². The molecule has 0 aliphatic carbocycles. The molecule has 0 amide bonds. The number of thioether (sulfide) groups is 1. The zero-order valence-electron chi connectivity index (χ0n) is 16.5. The van der Waals surface area contributed by atoms with E-state index in [-0.39, 0.29) is 0 Å². The van der Waals surface area contributed by atoms with Gasteiger partial charge in [-0.25, -0.2) is 0 Å². The fourth-order valence-corrected chi connectivity index (χ4v) is 3.84. The molecular formula is C22H17N5O3S. The minimum atomic E-state index is 0.420. The highest BCUT2D eigenvalue weighted by molar-refractivity contribution is 7.98. The van der Waals surface area contributed by atoms with Crippen LogP contribution < -0.4 is 4.74 Å². The molecule has 31 heavy (non-hydrogen) atoms. The van der Waals surface area contributed by atoms with Crippen LogP contribution in [-0.4, -0.2) is 32.0 Å². The van der Waals surface area contributed by atoms with E-state index in [1.54, 1.807) is 25.5 Å². The number of hydrogen-bond acceptors (Lipinski definition) is 8. The van der Waals surface area contributed by atoms with Gasteiger partial charge in [0, 0.05) is 11.3 Å². The molecule has 5 rings (SSSR count). The van der Waals surface area contributed by atoms with Crippen LogP contribution in [0.3, 0.4) is 0 Å². The van der Waals surface area contributed by atoms with Gasteiger partial charge in [-0.2, -0.15) is 4.98 Å². The van der Waals surface area contributed by atoms with Crippen LogP contribution in [0.4, 0.5) is 0 Å². The van der Waals surface area contributed by atoms with Gasteiger partial charge in [-0.3, -0.25) is 4.57 Å². The standard InChI is InChI=1S/C22H17N5O3S/c1-28-17-11-9-15(10-12-17)21-24-25-22(27(21)16-6-3-2-4-7-16)31-14-19-23-20(26-30-19)18-8-5-13-29-18/h2-13H,14H2,1H3. The lowest BCUT2D eigenvalue weighted by molar-refractivity contribution is 0.390. The van der Waals surface area contributed by atoms with Crippen molar-refractivity contribution in [3.8, 4) is 34.4 Å². The van der Waals surface area contributed by atoms with E-state index < -0.39 is 0 Å². The molecule has 8 nitrogen and oxygen atoms in total. The van der Waals surface area contributed by atoms with Crippen LogP contribution in [0.15, 0.2) is 87.1 Å². The third-order valence-electron chi connectivity index (χ3n) is 4.53. The first-order chi connectivity index (χ1) is 15.3. The van der Waals surface area contributed by atoms with E-state index in [1.807, 2.05) is 59.2 Å². The molecule has 5 aromatic rings. The Hall–Kier alpha value is -3.85. The number of hydrogen-bond donors (Lipinski definition) is 0. The van der Waals surface area contributed by atoms with E-state index in [1.165, 1.54) is 11.8 Å². The molecule has 3 aromatic heterocycles. The Morgan fingerprint density at radius 3 is 2.55 bits per heavy atom. The molecule has 0 saturated carbocycles. The third-order valence-corrected chi connectivity index (χ3v) is 5.44. The van der Waals surface area contributed by atoms with Gasteiger partial charge in [0.1, 0.15) is 5.75 Å². The minimum absolute atomic E-state index is 0.420. The van der Waals surface area contributed by atoms with Crippen molar-refractivity contribution in [2.75, 3.05) is 7.11 Å². The second-order valence-electron chi connectivity index (χ2n) is 6.48. The summed E-state index contributed by atoms with van der Waals surface area (Å²) in [4.78, 5) is 4.39. The largest absolute Gasteiger partial charge is 0.497 e. The molecule has 9 heteroatoms. The first-order valence-electron chi connectivity index (χ1n) is 9.46. The van der Waals surface area contributed by atoms with Crippen molar-refractivity contribution >= 4 is 11.8 Å². The number of rotatable bonds is 7. The lowest BCUT2D eigenvalue weighted by Crippen LogP contribution is -1.99. The van der Waals surface area contributed by atoms with Gasteiger partial charge in [0.25, 0.3) is 0 Å². The molecule has 2 aromatic carbocycles. The molecule has 0 radical (unpaired) electrons. The Balaban J connectivity index is 1.45. The molecule has 0 atom stereocenters. The van der Waals surface area contributed by atoms with E-state index in [4.69, 9.17) is 13.7 Å². The van der Waals surface area contributed by atoms with E-state index in [0.29, 0.717) is 23.2 Å². The van der Waals surface area contributed by atoms with Crippen LogP contribution in [-0.2, 0) is 5.75 Å². The van der Waals surface area contributed by atoms with Crippen molar-refractivity contribution in [1.29, 1.82) is 0 Å². The smallest absolute Gasteiger partial charge is 0.238 e. The van der Waals surface area contributed by atoms with Crippen molar-refractivity contribution in [2.45, 2.75) is 10.9 Å². The van der Waals surface area contributed by atoms with Crippen LogP contribution in [0.2, 0.25) is 0 Å². The zero-order valence-corrected chi connectivity index (χ0v) is 17.3. The molecular weight excluding hydrogens is 414 g/mol. The quantitative estimate of drug-likeness (QED) is 0.337. The predicted molar refractivity (Wildman–Crippen MR) is 115 cm³/mol. The van der Waals surface area contributed by atoms with Crippen LogP contribution >= 0.6 is 11.8 Å². The maximum atomic E-state index is 5.36.